The Balaban J connectivity index is 2.48. The van der Waals surface area contributed by atoms with Gasteiger partial charge in [-0.2, -0.15) is 4.31 Å². The van der Waals surface area contributed by atoms with Crippen molar-refractivity contribution in [1.82, 2.24) is 4.31 Å². The second-order valence-corrected chi connectivity index (χ2v) is 5.37. The van der Waals surface area contributed by atoms with E-state index in [-0.39, 0.29) is 12.3 Å². The van der Waals surface area contributed by atoms with Crippen molar-refractivity contribution in [2.75, 3.05) is 18.8 Å². The molecule has 1 aliphatic rings. The van der Waals surface area contributed by atoms with Gasteiger partial charge in [-0.05, 0) is 6.42 Å². The molecule has 6 nitrogen and oxygen atoms in total. The Kier molecular flexibility index (Phi) is 3.46. The first kappa shape index (κ1) is 11.4. The van der Waals surface area contributed by atoms with Crippen LogP contribution >= 0.6 is 0 Å². The highest BCUT2D eigenvalue weighted by molar-refractivity contribution is 7.89. The number of rotatable bonds is 4. The minimum Gasteiger partial charge on any atom is -0.481 e. The van der Waals surface area contributed by atoms with E-state index in [4.69, 9.17) is 5.11 Å². The lowest BCUT2D eigenvalue weighted by atomic mass is 10.2. The molecule has 1 heterocycles. The van der Waals surface area contributed by atoms with Gasteiger partial charge in [0.1, 0.15) is 0 Å². The number of hydrogen-bond donors (Lipinski definition) is 2. The molecule has 0 saturated carbocycles. The molecule has 82 valence electrons. The predicted molar refractivity (Wildman–Crippen MR) is 48.2 cm³/mol. The quantitative estimate of drug-likeness (QED) is 0.628. The minimum atomic E-state index is -3.24. The molecular weight excluding hydrogens is 210 g/mol. The van der Waals surface area contributed by atoms with E-state index in [1.54, 1.807) is 0 Å². The molecule has 0 bridgehead atoms. The molecule has 1 aliphatic heterocycles. The van der Waals surface area contributed by atoms with Crippen molar-refractivity contribution < 1.29 is 23.4 Å². The molecule has 1 unspecified atom stereocenters. The Bertz CT molecular complexity index is 312. The van der Waals surface area contributed by atoms with Crippen molar-refractivity contribution >= 4 is 16.0 Å². The monoisotopic (exact) mass is 223 g/mol. The molecule has 2 N–H and O–H groups in total. The van der Waals surface area contributed by atoms with Crippen molar-refractivity contribution in [3.63, 3.8) is 0 Å². The van der Waals surface area contributed by atoms with Crippen LogP contribution < -0.4 is 0 Å². The third-order valence-electron chi connectivity index (χ3n) is 2.03. The third kappa shape index (κ3) is 2.93. The Morgan fingerprint density at radius 3 is 2.57 bits per heavy atom. The molecule has 1 atom stereocenters. The number of aliphatic hydroxyl groups excluding tert-OH is 1. The van der Waals surface area contributed by atoms with Gasteiger partial charge in [-0.15, -0.1) is 0 Å². The largest absolute Gasteiger partial charge is 0.481 e. The molecule has 0 aromatic rings. The van der Waals surface area contributed by atoms with Gasteiger partial charge in [0.05, 0.1) is 18.3 Å². The van der Waals surface area contributed by atoms with Gasteiger partial charge in [0.2, 0.25) is 10.0 Å². The van der Waals surface area contributed by atoms with E-state index in [1.165, 1.54) is 0 Å². The minimum absolute atomic E-state index is 0.0901. The van der Waals surface area contributed by atoms with Crippen molar-refractivity contribution in [2.45, 2.75) is 18.9 Å². The van der Waals surface area contributed by atoms with Crippen LogP contribution in [0.3, 0.4) is 0 Å². The van der Waals surface area contributed by atoms with E-state index < -0.39 is 28.5 Å². The standard InChI is InChI=1S/C7H13NO5S/c9-6(4-7(10)11)5-8-2-1-3-14(8,12)13/h6,9H,1-5H2,(H,10,11). The van der Waals surface area contributed by atoms with E-state index in [0.717, 1.165) is 4.31 Å². The van der Waals surface area contributed by atoms with Gasteiger partial charge in [0.25, 0.3) is 0 Å². The number of aliphatic hydroxyl groups is 1. The fourth-order valence-corrected chi connectivity index (χ4v) is 2.96. The summed E-state index contributed by atoms with van der Waals surface area (Å²) in [7, 11) is -3.24. The summed E-state index contributed by atoms with van der Waals surface area (Å²) in [5.41, 5.74) is 0. The smallest absolute Gasteiger partial charge is 0.306 e. The summed E-state index contributed by atoms with van der Waals surface area (Å²) in [6.07, 6.45) is -1.01. The van der Waals surface area contributed by atoms with Crippen LogP contribution in [0.15, 0.2) is 0 Å². The Labute approximate surface area is 82.2 Å². The molecule has 0 spiro atoms. The SMILES string of the molecule is O=C(O)CC(O)CN1CCCS1(=O)=O. The summed E-state index contributed by atoms with van der Waals surface area (Å²) >= 11 is 0. The number of β-amino-alcohol motifs (C(OH)–C–C–N with tert-alkyl or cyclic N) is 1. The maximum absolute atomic E-state index is 11.3. The fraction of sp³-hybridized carbons (Fsp3) is 0.857. The zero-order valence-electron chi connectivity index (χ0n) is 7.59. The topological polar surface area (TPSA) is 94.9 Å². The van der Waals surface area contributed by atoms with Crippen LogP contribution in [0.4, 0.5) is 0 Å². The highest BCUT2D eigenvalue weighted by atomic mass is 32.2. The summed E-state index contributed by atoms with van der Waals surface area (Å²) in [6, 6.07) is 0. The van der Waals surface area contributed by atoms with Crippen LogP contribution in [0.25, 0.3) is 0 Å². The van der Waals surface area contributed by atoms with Crippen LogP contribution in [0.1, 0.15) is 12.8 Å². The summed E-state index contributed by atoms with van der Waals surface area (Å²) in [4.78, 5) is 10.2. The second kappa shape index (κ2) is 4.24. The van der Waals surface area contributed by atoms with Crippen LogP contribution in [0, 0.1) is 0 Å². The highest BCUT2D eigenvalue weighted by Gasteiger charge is 2.30. The number of carboxylic acid groups (broad SMARTS) is 1. The zero-order valence-corrected chi connectivity index (χ0v) is 8.40. The molecule has 0 amide bonds. The van der Waals surface area contributed by atoms with Gasteiger partial charge in [0, 0.05) is 13.1 Å². The lowest BCUT2D eigenvalue weighted by molar-refractivity contribution is -0.139. The van der Waals surface area contributed by atoms with E-state index in [2.05, 4.69) is 0 Å². The normalized spacial score (nSPS) is 23.5. The fourth-order valence-electron chi connectivity index (χ4n) is 1.40. The number of hydrogen-bond acceptors (Lipinski definition) is 4. The highest BCUT2D eigenvalue weighted by Crippen LogP contribution is 2.14. The summed E-state index contributed by atoms with van der Waals surface area (Å²) in [5.74, 6) is -1.04. The van der Waals surface area contributed by atoms with E-state index >= 15 is 0 Å². The molecule has 7 heteroatoms. The van der Waals surface area contributed by atoms with Gasteiger partial charge in [0.15, 0.2) is 0 Å². The van der Waals surface area contributed by atoms with E-state index in [9.17, 15) is 18.3 Å². The first-order valence-electron chi connectivity index (χ1n) is 4.29. The third-order valence-corrected chi connectivity index (χ3v) is 3.95. The first-order chi connectivity index (χ1) is 6.42. The average molecular weight is 223 g/mol. The lowest BCUT2D eigenvalue weighted by Gasteiger charge is -2.17. The van der Waals surface area contributed by atoms with Gasteiger partial charge < -0.3 is 10.2 Å². The number of sulfonamides is 1. The summed E-state index contributed by atoms with van der Waals surface area (Å²) < 4.78 is 23.6. The molecule has 0 aliphatic carbocycles. The molecule has 1 rings (SSSR count). The maximum Gasteiger partial charge on any atom is 0.306 e. The van der Waals surface area contributed by atoms with Gasteiger partial charge in [-0.25, -0.2) is 8.42 Å². The molecule has 0 aromatic carbocycles. The summed E-state index contributed by atoms with van der Waals surface area (Å²) in [5, 5.41) is 17.6. The Hall–Kier alpha value is -0.660. The van der Waals surface area contributed by atoms with Crippen LogP contribution in [-0.4, -0.2) is 53.9 Å². The van der Waals surface area contributed by atoms with Crippen molar-refractivity contribution in [3.05, 3.63) is 0 Å². The number of carboxylic acids is 1. The van der Waals surface area contributed by atoms with Crippen molar-refractivity contribution in [2.24, 2.45) is 0 Å². The van der Waals surface area contributed by atoms with Crippen LogP contribution in [0.2, 0.25) is 0 Å². The van der Waals surface area contributed by atoms with Crippen molar-refractivity contribution in [1.29, 1.82) is 0 Å². The molecule has 1 fully saturated rings. The van der Waals surface area contributed by atoms with Crippen LogP contribution in [-0.2, 0) is 14.8 Å². The van der Waals surface area contributed by atoms with Crippen molar-refractivity contribution in [3.8, 4) is 0 Å². The average Bonchev–Trinajstić information content (AvgIpc) is 2.29. The molecule has 14 heavy (non-hydrogen) atoms. The first-order valence-corrected chi connectivity index (χ1v) is 5.90. The predicted octanol–water partition coefficient (Wildman–Crippen LogP) is -1.14. The number of aliphatic carboxylic acids is 1. The number of nitrogens with zero attached hydrogens (tertiary/aromatic N) is 1. The molecule has 1 saturated heterocycles. The Morgan fingerprint density at radius 2 is 2.14 bits per heavy atom. The van der Waals surface area contributed by atoms with E-state index in [1.807, 2.05) is 0 Å². The van der Waals surface area contributed by atoms with Gasteiger partial charge in [-0.3, -0.25) is 4.79 Å². The maximum atomic E-state index is 11.3. The Morgan fingerprint density at radius 1 is 1.50 bits per heavy atom. The van der Waals surface area contributed by atoms with Crippen LogP contribution in [0.5, 0.6) is 0 Å². The van der Waals surface area contributed by atoms with Gasteiger partial charge >= 0.3 is 5.97 Å². The zero-order chi connectivity index (χ0) is 10.8. The van der Waals surface area contributed by atoms with Gasteiger partial charge in [-0.1, -0.05) is 0 Å². The molecular formula is C7H13NO5S. The molecule has 0 aromatic heterocycles. The lowest BCUT2D eigenvalue weighted by Crippen LogP contribution is -2.34. The number of carbonyl (C=O) groups is 1. The molecule has 0 radical (unpaired) electrons. The second-order valence-electron chi connectivity index (χ2n) is 3.28. The van der Waals surface area contributed by atoms with E-state index in [0.29, 0.717) is 13.0 Å². The summed E-state index contributed by atoms with van der Waals surface area (Å²) in [6.45, 7) is 0.258.